The van der Waals surface area contributed by atoms with E-state index in [4.69, 9.17) is 5.11 Å². The molecule has 0 aliphatic heterocycles. The number of carboxylic acids is 1. The van der Waals surface area contributed by atoms with E-state index < -0.39 is 5.97 Å². The number of carboxylic acid groups (broad SMARTS) is 1. The number of benzene rings is 1. The van der Waals surface area contributed by atoms with Gasteiger partial charge in [0.2, 0.25) is 0 Å². The van der Waals surface area contributed by atoms with Gasteiger partial charge in [-0.3, -0.25) is 9.59 Å². The lowest BCUT2D eigenvalue weighted by Crippen LogP contribution is -2.61. The molecule has 0 spiro atoms. The van der Waals surface area contributed by atoms with Crippen LogP contribution in [-0.4, -0.2) is 28.1 Å². The SMILES string of the molecule is CC1(C)[C@@H]2C[C@H](NC(=O)c3csc4ccc(O)cc34)[C@H](C/C=C\CCCC(=O)O)[C@H]1C2. The average molecular weight is 442 g/mol. The molecule has 0 unspecified atom stereocenters. The van der Waals surface area contributed by atoms with Crippen molar-refractivity contribution in [3.05, 3.63) is 41.3 Å². The summed E-state index contributed by atoms with van der Waals surface area (Å²) in [6.07, 6.45) is 9.04. The Hall–Kier alpha value is -2.34. The quantitative estimate of drug-likeness (QED) is 0.368. The van der Waals surface area contributed by atoms with Crippen LogP contribution in [0.5, 0.6) is 5.75 Å². The third kappa shape index (κ3) is 4.36. The van der Waals surface area contributed by atoms with Gasteiger partial charge in [-0.05, 0) is 73.5 Å². The molecule has 3 saturated carbocycles. The number of carbonyl (C=O) groups excluding carboxylic acids is 1. The standard InChI is InChI=1S/C25H31NO4S/c1-25(2)15-11-20(25)17(7-5-3-4-6-8-23(28)29)21(12-15)26-24(30)19-14-31-22-10-9-16(27)13-18(19)22/h3,5,9-10,13-15,17,20-21,27H,4,6-8,11-12H2,1-2H3,(H,26,30)(H,28,29)/b5-3-/t15-,17+,20+,21-/m0/s1. The fraction of sp³-hybridized carbons (Fsp3) is 0.520. The second kappa shape index (κ2) is 8.65. The molecule has 3 aliphatic carbocycles. The van der Waals surface area contributed by atoms with Gasteiger partial charge in [0, 0.05) is 27.9 Å². The number of fused-ring (bicyclic) bond motifs is 3. The van der Waals surface area contributed by atoms with E-state index in [9.17, 15) is 14.7 Å². The number of phenolic OH excluding ortho intramolecular Hbond substituents is 1. The van der Waals surface area contributed by atoms with Crippen molar-refractivity contribution in [2.45, 2.75) is 58.4 Å². The maximum atomic E-state index is 13.1. The monoisotopic (exact) mass is 441 g/mol. The zero-order valence-electron chi connectivity index (χ0n) is 18.1. The summed E-state index contributed by atoms with van der Waals surface area (Å²) in [6.45, 7) is 4.70. The van der Waals surface area contributed by atoms with Gasteiger partial charge in [-0.2, -0.15) is 0 Å². The number of thiophene rings is 1. The van der Waals surface area contributed by atoms with Gasteiger partial charge < -0.3 is 15.5 Å². The van der Waals surface area contributed by atoms with Crippen LogP contribution in [0.4, 0.5) is 0 Å². The summed E-state index contributed by atoms with van der Waals surface area (Å²) < 4.78 is 0.997. The Balaban J connectivity index is 1.45. The highest BCUT2D eigenvalue weighted by Gasteiger charge is 2.57. The average Bonchev–Trinajstić information content (AvgIpc) is 3.13. The summed E-state index contributed by atoms with van der Waals surface area (Å²) in [6, 6.07) is 5.30. The third-order valence-electron chi connectivity index (χ3n) is 7.57. The fourth-order valence-electron chi connectivity index (χ4n) is 5.62. The zero-order chi connectivity index (χ0) is 22.2. The molecular weight excluding hydrogens is 410 g/mol. The lowest BCUT2D eigenvalue weighted by Gasteiger charge is -2.62. The number of aliphatic carboxylic acids is 1. The number of amides is 1. The van der Waals surface area contributed by atoms with Crippen molar-refractivity contribution in [2.24, 2.45) is 23.2 Å². The number of rotatable bonds is 8. The smallest absolute Gasteiger partial charge is 0.303 e. The molecule has 0 radical (unpaired) electrons. The van der Waals surface area contributed by atoms with Crippen molar-refractivity contribution in [1.29, 1.82) is 0 Å². The van der Waals surface area contributed by atoms with E-state index in [0.29, 0.717) is 35.2 Å². The third-order valence-corrected chi connectivity index (χ3v) is 8.54. The number of hydrogen-bond acceptors (Lipinski definition) is 4. The summed E-state index contributed by atoms with van der Waals surface area (Å²) in [7, 11) is 0. The molecule has 3 fully saturated rings. The van der Waals surface area contributed by atoms with Gasteiger partial charge in [0.1, 0.15) is 5.75 Å². The molecule has 2 bridgehead atoms. The second-order valence-corrected chi connectivity index (χ2v) is 10.6. The van der Waals surface area contributed by atoms with Crippen LogP contribution < -0.4 is 5.32 Å². The predicted molar refractivity (Wildman–Crippen MR) is 123 cm³/mol. The number of nitrogens with one attached hydrogen (secondary N) is 1. The first-order valence-electron chi connectivity index (χ1n) is 11.1. The molecule has 0 saturated heterocycles. The lowest BCUT2D eigenvalue weighted by atomic mass is 9.44. The number of unbranched alkanes of at least 4 members (excludes halogenated alkanes) is 1. The molecule has 5 rings (SSSR count). The number of allylic oxidation sites excluding steroid dienone is 2. The molecule has 2 aromatic rings. The van der Waals surface area contributed by atoms with Gasteiger partial charge in [-0.15, -0.1) is 11.3 Å². The van der Waals surface area contributed by atoms with E-state index in [-0.39, 0.29) is 24.1 Å². The molecule has 5 nitrogen and oxygen atoms in total. The van der Waals surface area contributed by atoms with Crippen LogP contribution in [0.15, 0.2) is 35.7 Å². The predicted octanol–water partition coefficient (Wildman–Crippen LogP) is 5.59. The molecule has 166 valence electrons. The molecule has 1 amide bonds. The minimum atomic E-state index is -0.750. The molecular formula is C25H31NO4S. The number of carbonyl (C=O) groups is 2. The van der Waals surface area contributed by atoms with Crippen molar-refractivity contribution >= 4 is 33.3 Å². The van der Waals surface area contributed by atoms with E-state index in [2.05, 4.69) is 31.3 Å². The Morgan fingerprint density at radius 3 is 2.81 bits per heavy atom. The van der Waals surface area contributed by atoms with Crippen molar-refractivity contribution in [2.75, 3.05) is 0 Å². The van der Waals surface area contributed by atoms with E-state index in [1.807, 2.05) is 11.4 Å². The van der Waals surface area contributed by atoms with Gasteiger partial charge in [0.15, 0.2) is 0 Å². The van der Waals surface area contributed by atoms with Crippen LogP contribution in [0.3, 0.4) is 0 Å². The Kier molecular flexibility index (Phi) is 6.11. The van der Waals surface area contributed by atoms with Crippen LogP contribution in [0.1, 0.15) is 62.7 Å². The van der Waals surface area contributed by atoms with Crippen LogP contribution >= 0.6 is 11.3 Å². The van der Waals surface area contributed by atoms with Gasteiger partial charge in [0.05, 0.1) is 5.56 Å². The molecule has 3 N–H and O–H groups in total. The molecule has 6 heteroatoms. The Bertz CT molecular complexity index is 1010. The van der Waals surface area contributed by atoms with Gasteiger partial charge >= 0.3 is 5.97 Å². The lowest BCUT2D eigenvalue weighted by molar-refractivity contribution is -0.137. The molecule has 4 atom stereocenters. The highest BCUT2D eigenvalue weighted by Crippen LogP contribution is 2.62. The molecule has 1 aromatic carbocycles. The maximum Gasteiger partial charge on any atom is 0.303 e. The second-order valence-electron chi connectivity index (χ2n) is 9.66. The summed E-state index contributed by atoms with van der Waals surface area (Å²) in [5, 5.41) is 24.6. The Labute approximate surface area is 187 Å². The zero-order valence-corrected chi connectivity index (χ0v) is 19.0. The minimum Gasteiger partial charge on any atom is -0.508 e. The van der Waals surface area contributed by atoms with Gasteiger partial charge in [0.25, 0.3) is 5.91 Å². The van der Waals surface area contributed by atoms with E-state index in [1.54, 1.807) is 12.1 Å². The summed E-state index contributed by atoms with van der Waals surface area (Å²) in [4.78, 5) is 23.8. The van der Waals surface area contributed by atoms with E-state index in [1.165, 1.54) is 17.8 Å². The highest BCUT2D eigenvalue weighted by molar-refractivity contribution is 7.17. The first-order valence-corrected chi connectivity index (χ1v) is 12.0. The maximum absolute atomic E-state index is 13.1. The van der Waals surface area contributed by atoms with Crippen LogP contribution in [0.2, 0.25) is 0 Å². The largest absolute Gasteiger partial charge is 0.508 e. The van der Waals surface area contributed by atoms with Gasteiger partial charge in [-0.25, -0.2) is 0 Å². The van der Waals surface area contributed by atoms with Crippen molar-refractivity contribution < 1.29 is 19.8 Å². The van der Waals surface area contributed by atoms with Crippen LogP contribution in [0.25, 0.3) is 10.1 Å². The normalized spacial score (nSPS) is 26.6. The minimum absolute atomic E-state index is 0.0589. The summed E-state index contributed by atoms with van der Waals surface area (Å²) in [5.41, 5.74) is 0.946. The first-order chi connectivity index (χ1) is 14.8. The van der Waals surface area contributed by atoms with E-state index in [0.717, 1.165) is 29.3 Å². The molecule has 31 heavy (non-hydrogen) atoms. The highest BCUT2D eigenvalue weighted by atomic mass is 32.1. The molecule has 1 heterocycles. The van der Waals surface area contributed by atoms with Crippen molar-refractivity contribution in [3.63, 3.8) is 0 Å². The topological polar surface area (TPSA) is 86.6 Å². The number of phenols is 1. The van der Waals surface area contributed by atoms with Crippen molar-refractivity contribution in [1.82, 2.24) is 5.32 Å². The first kappa shape index (κ1) is 21.9. The Morgan fingerprint density at radius 1 is 1.26 bits per heavy atom. The summed E-state index contributed by atoms with van der Waals surface area (Å²) >= 11 is 1.52. The van der Waals surface area contributed by atoms with Crippen LogP contribution in [0, 0.1) is 23.2 Å². The number of aromatic hydroxyl groups is 1. The summed E-state index contributed by atoms with van der Waals surface area (Å²) in [5.74, 6) is 0.978. The molecule has 1 aromatic heterocycles. The van der Waals surface area contributed by atoms with Gasteiger partial charge in [-0.1, -0.05) is 26.0 Å². The van der Waals surface area contributed by atoms with Crippen LogP contribution in [-0.2, 0) is 4.79 Å². The Morgan fingerprint density at radius 2 is 2.06 bits per heavy atom. The molecule has 3 aliphatic rings. The van der Waals surface area contributed by atoms with Crippen molar-refractivity contribution in [3.8, 4) is 5.75 Å². The number of hydrogen-bond donors (Lipinski definition) is 3. The fourth-order valence-corrected chi connectivity index (χ4v) is 6.54. The van der Waals surface area contributed by atoms with E-state index >= 15 is 0 Å².